The molecule has 2 aromatic heterocycles. The van der Waals surface area contributed by atoms with Crippen molar-refractivity contribution in [3.8, 4) is 0 Å². The Bertz CT molecular complexity index is 730. The number of hydrogen-bond donors (Lipinski definition) is 2. The van der Waals surface area contributed by atoms with Gasteiger partial charge < -0.3 is 10.3 Å². The van der Waals surface area contributed by atoms with Gasteiger partial charge in [-0.05, 0) is 26.3 Å². The van der Waals surface area contributed by atoms with Crippen molar-refractivity contribution >= 4 is 5.91 Å². The molecule has 0 radical (unpaired) electrons. The van der Waals surface area contributed by atoms with Crippen LogP contribution in [-0.4, -0.2) is 26.8 Å². The van der Waals surface area contributed by atoms with E-state index in [1.807, 2.05) is 6.92 Å². The number of amides is 1. The Kier molecular flexibility index (Phi) is 5.05. The number of carbonyl (C=O) groups is 1. The van der Waals surface area contributed by atoms with Gasteiger partial charge in [0.2, 0.25) is 0 Å². The van der Waals surface area contributed by atoms with Gasteiger partial charge in [0.05, 0.1) is 11.3 Å². The fraction of sp³-hybridized carbons (Fsp3) is 0.500. The maximum Gasteiger partial charge on any atom is 0.413 e. The van der Waals surface area contributed by atoms with Crippen LogP contribution in [-0.2, 0) is 13.5 Å². The van der Waals surface area contributed by atoms with Crippen LogP contribution < -0.4 is 5.32 Å². The number of alkyl halides is 3. The quantitative estimate of drug-likeness (QED) is 0.875. The molecule has 0 aromatic carbocycles. The molecule has 2 N–H and O–H groups in total. The highest BCUT2D eigenvalue weighted by atomic mass is 19.4. The summed E-state index contributed by atoms with van der Waals surface area (Å²) in [6.07, 6.45) is -1.68. The predicted molar refractivity (Wildman–Crippen MR) is 83.7 cm³/mol. The van der Waals surface area contributed by atoms with Crippen molar-refractivity contribution in [3.05, 3.63) is 40.5 Å². The Morgan fingerprint density at radius 3 is 2.58 bits per heavy atom. The minimum atomic E-state index is -4.62. The molecule has 1 unspecified atom stereocenters. The molecule has 0 aliphatic carbocycles. The first-order chi connectivity index (χ1) is 11.2. The van der Waals surface area contributed by atoms with E-state index in [4.69, 9.17) is 0 Å². The molecule has 2 aromatic rings. The van der Waals surface area contributed by atoms with Gasteiger partial charge in [0.25, 0.3) is 5.91 Å². The maximum atomic E-state index is 13.6. The zero-order valence-corrected chi connectivity index (χ0v) is 14.1. The summed E-state index contributed by atoms with van der Waals surface area (Å²) in [7, 11) is 1.58. The molecule has 0 aliphatic heterocycles. The van der Waals surface area contributed by atoms with E-state index >= 15 is 0 Å². The number of aryl methyl sites for hydroxylation is 3. The van der Waals surface area contributed by atoms with Gasteiger partial charge in [0, 0.05) is 30.2 Å². The zero-order valence-electron chi connectivity index (χ0n) is 14.1. The highest BCUT2D eigenvalue weighted by Crippen LogP contribution is 2.36. The number of rotatable bonds is 5. The standard InChI is InChI=1S/C16H21F3N4O/c1-5-6-12-11(7-8-20-12)15(24)21-14(16(17,18)19)13-9(2)22-23(4)10(13)3/h7-8,14,20H,5-6H2,1-4H3,(H,21,24). The highest BCUT2D eigenvalue weighted by Gasteiger charge is 2.44. The monoisotopic (exact) mass is 342 g/mol. The topological polar surface area (TPSA) is 62.7 Å². The van der Waals surface area contributed by atoms with Gasteiger partial charge in [-0.3, -0.25) is 9.48 Å². The Morgan fingerprint density at radius 1 is 1.42 bits per heavy atom. The molecule has 5 nitrogen and oxygen atoms in total. The van der Waals surface area contributed by atoms with Crippen molar-refractivity contribution in [2.45, 2.75) is 45.8 Å². The van der Waals surface area contributed by atoms with Crippen LogP contribution in [0.3, 0.4) is 0 Å². The fourth-order valence-electron chi connectivity index (χ4n) is 2.81. The summed E-state index contributed by atoms with van der Waals surface area (Å²) in [4.78, 5) is 15.3. The molecule has 0 fully saturated rings. The largest absolute Gasteiger partial charge is 0.413 e. The Hall–Kier alpha value is -2.25. The van der Waals surface area contributed by atoms with E-state index < -0.39 is 18.1 Å². The number of nitrogens with zero attached hydrogens (tertiary/aromatic N) is 2. The first-order valence-electron chi connectivity index (χ1n) is 7.70. The SMILES string of the molecule is CCCc1[nH]ccc1C(=O)NC(c1c(C)nn(C)c1C)C(F)(F)F. The first kappa shape index (κ1) is 18.1. The third-order valence-corrected chi connectivity index (χ3v) is 4.03. The molecule has 0 bridgehead atoms. The molecule has 132 valence electrons. The van der Waals surface area contributed by atoms with Crippen LogP contribution in [0.15, 0.2) is 12.3 Å². The molecule has 24 heavy (non-hydrogen) atoms. The molecular formula is C16H21F3N4O. The van der Waals surface area contributed by atoms with Gasteiger partial charge in [0.1, 0.15) is 0 Å². The number of carbonyl (C=O) groups excluding carboxylic acids is 1. The van der Waals surface area contributed by atoms with E-state index in [1.165, 1.54) is 17.7 Å². The van der Waals surface area contributed by atoms with E-state index in [0.29, 0.717) is 17.8 Å². The van der Waals surface area contributed by atoms with Gasteiger partial charge in [-0.25, -0.2) is 0 Å². The molecule has 8 heteroatoms. The molecular weight excluding hydrogens is 321 g/mol. The number of H-pyrrole nitrogens is 1. The number of aromatic nitrogens is 3. The maximum absolute atomic E-state index is 13.6. The average molecular weight is 342 g/mol. The molecule has 2 heterocycles. The second-order valence-corrected chi connectivity index (χ2v) is 5.78. The van der Waals surface area contributed by atoms with Crippen molar-refractivity contribution in [1.82, 2.24) is 20.1 Å². The summed E-state index contributed by atoms with van der Waals surface area (Å²) >= 11 is 0. The van der Waals surface area contributed by atoms with Crippen LogP contribution in [0.4, 0.5) is 13.2 Å². The average Bonchev–Trinajstić information content (AvgIpc) is 3.02. The number of nitrogens with one attached hydrogen (secondary N) is 2. The summed E-state index contributed by atoms with van der Waals surface area (Å²) in [5, 5.41) is 6.15. The minimum Gasteiger partial charge on any atom is -0.364 e. The van der Waals surface area contributed by atoms with Gasteiger partial charge in [-0.2, -0.15) is 18.3 Å². The lowest BCUT2D eigenvalue weighted by molar-refractivity contribution is -0.155. The van der Waals surface area contributed by atoms with Gasteiger partial charge in [-0.15, -0.1) is 0 Å². The molecule has 2 rings (SSSR count). The van der Waals surface area contributed by atoms with Gasteiger partial charge in [-0.1, -0.05) is 13.3 Å². The van der Waals surface area contributed by atoms with Crippen molar-refractivity contribution in [1.29, 1.82) is 0 Å². The zero-order chi connectivity index (χ0) is 18.1. The van der Waals surface area contributed by atoms with E-state index in [2.05, 4.69) is 15.4 Å². The number of aromatic amines is 1. The summed E-state index contributed by atoms with van der Waals surface area (Å²) < 4.78 is 42.1. The number of hydrogen-bond acceptors (Lipinski definition) is 2. The van der Waals surface area contributed by atoms with E-state index in [1.54, 1.807) is 20.2 Å². The predicted octanol–water partition coefficient (Wildman–Crippen LogP) is 3.35. The molecule has 1 atom stereocenters. The second-order valence-electron chi connectivity index (χ2n) is 5.78. The van der Waals surface area contributed by atoms with E-state index in [9.17, 15) is 18.0 Å². The molecule has 0 aliphatic rings. The number of halogens is 3. The summed E-state index contributed by atoms with van der Waals surface area (Å²) in [6, 6.07) is -0.598. The lowest BCUT2D eigenvalue weighted by atomic mass is 10.0. The summed E-state index contributed by atoms with van der Waals surface area (Å²) in [6.45, 7) is 4.99. The third-order valence-electron chi connectivity index (χ3n) is 4.03. The van der Waals surface area contributed by atoms with E-state index in [-0.39, 0.29) is 16.8 Å². The van der Waals surface area contributed by atoms with Crippen LogP contribution in [0.5, 0.6) is 0 Å². The van der Waals surface area contributed by atoms with E-state index in [0.717, 1.165) is 6.42 Å². The summed E-state index contributed by atoms with van der Waals surface area (Å²) in [5.74, 6) is -0.746. The van der Waals surface area contributed by atoms with Crippen LogP contribution in [0.1, 0.15) is 52.4 Å². The fourth-order valence-corrected chi connectivity index (χ4v) is 2.81. The lowest BCUT2D eigenvalue weighted by Gasteiger charge is -2.22. The summed E-state index contributed by atoms with van der Waals surface area (Å²) in [5.41, 5.74) is 1.49. The van der Waals surface area contributed by atoms with Crippen molar-refractivity contribution in [3.63, 3.8) is 0 Å². The minimum absolute atomic E-state index is 0.00840. The van der Waals surface area contributed by atoms with Crippen molar-refractivity contribution in [2.24, 2.45) is 7.05 Å². The van der Waals surface area contributed by atoms with Crippen molar-refractivity contribution < 1.29 is 18.0 Å². The normalized spacial score (nSPS) is 13.1. The van der Waals surface area contributed by atoms with Gasteiger partial charge in [0.15, 0.2) is 6.04 Å². The first-order valence-corrected chi connectivity index (χ1v) is 7.70. The Morgan fingerprint density at radius 2 is 2.08 bits per heavy atom. The van der Waals surface area contributed by atoms with Crippen LogP contribution in [0.2, 0.25) is 0 Å². The third kappa shape index (κ3) is 3.47. The molecule has 0 spiro atoms. The molecule has 0 saturated carbocycles. The Labute approximate surface area is 138 Å². The van der Waals surface area contributed by atoms with Crippen LogP contribution in [0, 0.1) is 13.8 Å². The van der Waals surface area contributed by atoms with Gasteiger partial charge >= 0.3 is 6.18 Å². The smallest absolute Gasteiger partial charge is 0.364 e. The molecule has 0 saturated heterocycles. The van der Waals surface area contributed by atoms with Crippen molar-refractivity contribution in [2.75, 3.05) is 0 Å². The second kappa shape index (κ2) is 6.70. The lowest BCUT2D eigenvalue weighted by Crippen LogP contribution is -2.39. The Balaban J connectivity index is 2.37. The molecule has 1 amide bonds. The van der Waals surface area contributed by atoms with Crippen LogP contribution in [0.25, 0.3) is 0 Å². The van der Waals surface area contributed by atoms with Crippen LogP contribution >= 0.6 is 0 Å². The highest BCUT2D eigenvalue weighted by molar-refractivity contribution is 5.95.